The third-order valence-corrected chi connectivity index (χ3v) is 10.0. The largest absolute Gasteiger partial charge is 0.507 e. The summed E-state index contributed by atoms with van der Waals surface area (Å²) in [5.41, 5.74) is 2.40. The minimum atomic E-state index is -4.40. The fourth-order valence-corrected chi connectivity index (χ4v) is 7.79. The van der Waals surface area contributed by atoms with Crippen molar-refractivity contribution < 1.29 is 52.8 Å². The van der Waals surface area contributed by atoms with Crippen molar-refractivity contribution in [3.63, 3.8) is 0 Å². The van der Waals surface area contributed by atoms with Crippen molar-refractivity contribution in [3.05, 3.63) is 28.3 Å². The highest BCUT2D eigenvalue weighted by molar-refractivity contribution is 6.25. The number of halogens is 3. The number of benzene rings is 1. The van der Waals surface area contributed by atoms with Crippen molar-refractivity contribution in [1.82, 2.24) is 9.80 Å². The number of ketones is 2. The van der Waals surface area contributed by atoms with Gasteiger partial charge < -0.3 is 40.9 Å². The van der Waals surface area contributed by atoms with Crippen LogP contribution in [0.2, 0.25) is 0 Å². The van der Waals surface area contributed by atoms with Gasteiger partial charge in [-0.1, -0.05) is 0 Å². The number of phenols is 1. The van der Waals surface area contributed by atoms with Gasteiger partial charge in [0.2, 0.25) is 11.7 Å². The van der Waals surface area contributed by atoms with Crippen molar-refractivity contribution in [2.75, 3.05) is 46.2 Å². The summed E-state index contributed by atoms with van der Waals surface area (Å²) in [5.74, 6) is -11.4. The van der Waals surface area contributed by atoms with Crippen LogP contribution in [0, 0.1) is 23.7 Å². The summed E-state index contributed by atoms with van der Waals surface area (Å²) in [6.45, 7) is -0.415. The molecule has 1 aromatic carbocycles. The number of likely N-dealkylation sites (tertiary alicyclic amines) is 1. The molecule has 2 saturated carbocycles. The number of alkyl halides is 3. The van der Waals surface area contributed by atoms with E-state index in [2.05, 4.69) is 0 Å². The van der Waals surface area contributed by atoms with Gasteiger partial charge in [-0.05, 0) is 57.3 Å². The molecular weight excluding hydrogens is 601 g/mol. The first kappa shape index (κ1) is 32.7. The molecule has 1 aromatic rings. The van der Waals surface area contributed by atoms with E-state index in [1.165, 1.54) is 15.9 Å². The number of primary amides is 1. The predicted octanol–water partition coefficient (Wildman–Crippen LogP) is 0.610. The number of nitrogens with two attached hydrogens (primary N) is 1. The van der Waals surface area contributed by atoms with E-state index in [0.29, 0.717) is 11.3 Å². The van der Waals surface area contributed by atoms with Crippen LogP contribution in [0.3, 0.4) is 0 Å². The molecule has 1 heterocycles. The number of likely N-dealkylation sites (N-methyl/N-ethyl adjacent to an activating group) is 1. The molecule has 0 spiro atoms. The van der Waals surface area contributed by atoms with E-state index in [4.69, 9.17) is 5.73 Å². The Labute approximate surface area is 256 Å². The van der Waals surface area contributed by atoms with E-state index in [-0.39, 0.29) is 55.5 Å². The highest BCUT2D eigenvalue weighted by Gasteiger charge is 2.67. The molecule has 2 amide bonds. The molecule has 4 aliphatic rings. The third kappa shape index (κ3) is 4.86. The number of carbonyl (C=O) groups is 4. The van der Waals surface area contributed by atoms with Gasteiger partial charge >= 0.3 is 6.18 Å². The van der Waals surface area contributed by atoms with Crippen molar-refractivity contribution in [2.45, 2.75) is 49.6 Å². The average molecular weight is 639 g/mol. The van der Waals surface area contributed by atoms with Crippen molar-refractivity contribution >= 4 is 34.8 Å². The summed E-state index contributed by atoms with van der Waals surface area (Å²) >= 11 is 0. The SMILES string of the molecule is CN(C)c1cc(C(=O)N2CCC(C(F)(F)F)CC2)c(O)c2c1C[C@H]1C[C@H]3[C@H](N(C)C)[C@H](O)C(C(N)=O)C(=O)[C@@]3(O)C(=O)C1=C2O. The average Bonchev–Trinajstić information content (AvgIpc) is 2.93. The van der Waals surface area contributed by atoms with Crippen LogP contribution in [0.4, 0.5) is 18.9 Å². The van der Waals surface area contributed by atoms with Crippen molar-refractivity contribution in [1.29, 1.82) is 0 Å². The van der Waals surface area contributed by atoms with Crippen LogP contribution in [-0.2, 0) is 20.8 Å². The molecule has 5 rings (SSSR count). The third-order valence-electron chi connectivity index (χ3n) is 10.0. The number of hydrogen-bond donors (Lipinski definition) is 5. The summed E-state index contributed by atoms with van der Waals surface area (Å²) < 4.78 is 39.6. The monoisotopic (exact) mass is 638 g/mol. The number of nitrogens with zero attached hydrogens (tertiary/aromatic N) is 3. The van der Waals surface area contributed by atoms with Gasteiger partial charge in [-0.2, -0.15) is 13.2 Å². The zero-order chi connectivity index (χ0) is 33.5. The molecule has 0 radical (unpaired) electrons. The lowest BCUT2D eigenvalue weighted by molar-refractivity contribution is -0.185. The summed E-state index contributed by atoms with van der Waals surface area (Å²) in [5, 5.41) is 45.8. The number of aliphatic hydroxyl groups excluding tert-OH is 2. The van der Waals surface area contributed by atoms with Crippen LogP contribution >= 0.6 is 0 Å². The fourth-order valence-electron chi connectivity index (χ4n) is 7.79. The number of Topliss-reactive ketones (excluding diaryl/α,β-unsaturated/α-hetero) is 2. The maximum absolute atomic E-state index is 14.1. The first-order valence-electron chi connectivity index (χ1n) is 14.6. The number of amides is 2. The van der Waals surface area contributed by atoms with Crippen LogP contribution in [-0.4, -0.2) is 119 Å². The number of aromatic hydroxyl groups is 1. The molecule has 15 heteroatoms. The van der Waals surface area contributed by atoms with Crippen LogP contribution in [0.5, 0.6) is 5.75 Å². The number of hydrogen-bond acceptors (Lipinski definition) is 10. The highest BCUT2D eigenvalue weighted by Crippen LogP contribution is 2.54. The summed E-state index contributed by atoms with van der Waals surface area (Å²) in [6, 6.07) is 0.349. The molecule has 1 saturated heterocycles. The molecule has 6 N–H and O–H groups in total. The standard InChI is InChI=1S/C30H37F3N4O8/c1-35(2)17-11-15(28(44)37-7-5-13(6-8-37)30(31,32)33)22(38)19-14(17)9-12-10-16-21(36(3)4)24(40)20(27(34)43)26(42)29(16,45)25(41)18(12)23(19)39/h11-13,16,20-21,24,38-40,45H,5-10H2,1-4H3,(H2,34,43)/t12-,16-,20?,21-,24+,29-/m0/s1. The van der Waals surface area contributed by atoms with Gasteiger partial charge in [0.15, 0.2) is 11.4 Å². The van der Waals surface area contributed by atoms with E-state index in [1.54, 1.807) is 33.1 Å². The number of carbonyl (C=O) groups excluding carboxylic acids is 4. The van der Waals surface area contributed by atoms with E-state index >= 15 is 0 Å². The fraction of sp³-hybridized carbons (Fsp3) is 0.600. The number of anilines is 1. The van der Waals surface area contributed by atoms with E-state index in [1.807, 2.05) is 0 Å². The van der Waals surface area contributed by atoms with E-state index in [9.17, 15) is 52.8 Å². The minimum Gasteiger partial charge on any atom is -0.507 e. The van der Waals surface area contributed by atoms with Gasteiger partial charge in [0.05, 0.1) is 23.1 Å². The number of phenolic OH excluding ortho intramolecular Hbond substituents is 1. The first-order valence-corrected chi connectivity index (χ1v) is 14.6. The summed E-state index contributed by atoms with van der Waals surface area (Å²) in [4.78, 5) is 57.7. The van der Waals surface area contributed by atoms with Crippen LogP contribution in [0.25, 0.3) is 5.76 Å². The Hall–Kier alpha value is -3.69. The normalized spacial score (nSPS) is 30.6. The van der Waals surface area contributed by atoms with Crippen LogP contribution < -0.4 is 10.6 Å². The topological polar surface area (TPSA) is 185 Å². The molecule has 1 unspecified atom stereocenters. The van der Waals surface area contributed by atoms with Crippen molar-refractivity contribution in [3.8, 4) is 5.75 Å². The lowest BCUT2D eigenvalue weighted by Crippen LogP contribution is -2.73. The van der Waals surface area contributed by atoms with Gasteiger partial charge in [0.25, 0.3) is 5.91 Å². The maximum Gasteiger partial charge on any atom is 0.391 e. The van der Waals surface area contributed by atoms with Crippen LogP contribution in [0.1, 0.15) is 40.7 Å². The van der Waals surface area contributed by atoms with E-state index in [0.717, 1.165) is 0 Å². The van der Waals surface area contributed by atoms with Gasteiger partial charge in [0, 0.05) is 50.4 Å². The highest BCUT2D eigenvalue weighted by atomic mass is 19.4. The first-order chi connectivity index (χ1) is 20.8. The lowest BCUT2D eigenvalue weighted by Gasteiger charge is -2.53. The summed E-state index contributed by atoms with van der Waals surface area (Å²) in [6.07, 6.45) is -6.67. The molecule has 12 nitrogen and oxygen atoms in total. The smallest absolute Gasteiger partial charge is 0.391 e. The molecule has 0 aromatic heterocycles. The zero-order valence-electron chi connectivity index (χ0n) is 25.3. The second kappa shape index (κ2) is 11.0. The Kier molecular flexibility index (Phi) is 7.98. The molecular formula is C30H37F3N4O8. The summed E-state index contributed by atoms with van der Waals surface area (Å²) in [7, 11) is 6.41. The van der Waals surface area contributed by atoms with Gasteiger partial charge in [-0.15, -0.1) is 0 Å². The zero-order valence-corrected chi connectivity index (χ0v) is 25.3. The van der Waals surface area contributed by atoms with E-state index < -0.39 is 82.5 Å². The lowest BCUT2D eigenvalue weighted by atomic mass is 9.54. The Bertz CT molecular complexity index is 1500. The number of rotatable bonds is 4. The number of piperidine rings is 1. The Morgan fingerprint density at radius 3 is 2.20 bits per heavy atom. The van der Waals surface area contributed by atoms with Crippen LogP contribution in [0.15, 0.2) is 11.6 Å². The molecule has 45 heavy (non-hydrogen) atoms. The molecule has 3 aliphatic carbocycles. The molecule has 1 aliphatic heterocycles. The maximum atomic E-state index is 14.1. The Morgan fingerprint density at radius 2 is 1.69 bits per heavy atom. The van der Waals surface area contributed by atoms with Gasteiger partial charge in [-0.3, -0.25) is 19.2 Å². The number of fused-ring (bicyclic) bond motifs is 3. The quantitative estimate of drug-likeness (QED) is 0.293. The second-order valence-electron chi connectivity index (χ2n) is 12.9. The number of aliphatic hydroxyl groups is 3. The Balaban J connectivity index is 1.61. The Morgan fingerprint density at radius 1 is 1.09 bits per heavy atom. The second-order valence-corrected chi connectivity index (χ2v) is 12.9. The minimum absolute atomic E-state index is 0.0310. The molecule has 0 bridgehead atoms. The van der Waals surface area contributed by atoms with Gasteiger partial charge in [0.1, 0.15) is 17.4 Å². The molecule has 3 fully saturated rings. The van der Waals surface area contributed by atoms with Gasteiger partial charge in [-0.25, -0.2) is 0 Å². The molecule has 246 valence electrons. The molecule has 6 atom stereocenters. The predicted molar refractivity (Wildman–Crippen MR) is 153 cm³/mol. The van der Waals surface area contributed by atoms with Crippen molar-refractivity contribution in [2.24, 2.45) is 29.4 Å².